The van der Waals surface area contributed by atoms with Crippen molar-refractivity contribution in [2.45, 2.75) is 44.9 Å². The number of benzene rings is 1. The lowest BCUT2D eigenvalue weighted by molar-refractivity contribution is 0.620. The van der Waals surface area contributed by atoms with Gasteiger partial charge in [-0.2, -0.15) is 0 Å². The van der Waals surface area contributed by atoms with Crippen molar-refractivity contribution in [3.05, 3.63) is 42.8 Å². The summed E-state index contributed by atoms with van der Waals surface area (Å²) in [5.41, 5.74) is 1.46. The molecule has 1 radical (unpaired) electrons. The van der Waals surface area contributed by atoms with E-state index in [4.69, 9.17) is 0 Å². The summed E-state index contributed by atoms with van der Waals surface area (Å²) in [6.45, 7) is 3.51. The quantitative estimate of drug-likeness (QED) is 0.465. The summed E-state index contributed by atoms with van der Waals surface area (Å²) in [4.78, 5) is 0. The summed E-state index contributed by atoms with van der Waals surface area (Å²) in [5, 5.41) is 0. The molecule has 0 aromatic heterocycles. The van der Waals surface area contributed by atoms with Crippen LogP contribution in [0.2, 0.25) is 0 Å². The molecule has 0 atom stereocenters. The second kappa shape index (κ2) is 9.04. The van der Waals surface area contributed by atoms with Gasteiger partial charge in [0.2, 0.25) is 0 Å². The molecule has 85 valence electrons. The van der Waals surface area contributed by atoms with E-state index < -0.39 is 0 Å². The largest absolute Gasteiger partial charge is 0.103 e. The molecule has 0 amide bonds. The molecular formula is C16H21. The Balaban J connectivity index is 1.94. The Kier molecular flexibility index (Phi) is 7.26. The fourth-order valence-electron chi connectivity index (χ4n) is 1.81. The number of unbranched alkanes of at least 4 members (excludes halogenated alkanes) is 5. The van der Waals surface area contributed by atoms with Gasteiger partial charge in [0.25, 0.3) is 0 Å². The highest BCUT2D eigenvalue weighted by atomic mass is 14.0. The van der Waals surface area contributed by atoms with E-state index in [0.29, 0.717) is 0 Å². The Morgan fingerprint density at radius 2 is 1.56 bits per heavy atom. The summed E-state index contributed by atoms with van der Waals surface area (Å²) in [5.74, 6) is 5.70. The number of rotatable bonds is 7. The van der Waals surface area contributed by atoms with Crippen LogP contribution in [-0.2, 0) is 6.42 Å². The van der Waals surface area contributed by atoms with Gasteiger partial charge >= 0.3 is 0 Å². The van der Waals surface area contributed by atoms with E-state index in [9.17, 15) is 0 Å². The summed E-state index contributed by atoms with van der Waals surface area (Å²) in [7, 11) is 0. The van der Waals surface area contributed by atoms with Crippen molar-refractivity contribution < 1.29 is 0 Å². The molecule has 0 spiro atoms. The van der Waals surface area contributed by atoms with Crippen molar-refractivity contribution in [1.29, 1.82) is 0 Å². The second-order valence-corrected chi connectivity index (χ2v) is 4.11. The third kappa shape index (κ3) is 6.30. The van der Waals surface area contributed by atoms with E-state index in [1.165, 1.54) is 44.1 Å². The van der Waals surface area contributed by atoms with E-state index in [0.717, 1.165) is 6.42 Å². The van der Waals surface area contributed by atoms with Crippen molar-refractivity contribution in [2.75, 3.05) is 0 Å². The third-order valence-electron chi connectivity index (χ3n) is 2.74. The zero-order chi connectivity index (χ0) is 11.5. The van der Waals surface area contributed by atoms with Gasteiger partial charge in [-0.15, -0.1) is 11.8 Å². The standard InChI is InChI=1S/C16H21/c1-2-3-4-5-6-7-8-10-13-16-14-11-9-12-15-16/h9,11-12,14-15H,1,4-8,10,13H2. The zero-order valence-corrected chi connectivity index (χ0v) is 10.0. The van der Waals surface area contributed by atoms with E-state index in [1.54, 1.807) is 0 Å². The maximum absolute atomic E-state index is 3.51. The first-order valence-corrected chi connectivity index (χ1v) is 6.22. The van der Waals surface area contributed by atoms with Gasteiger partial charge in [0.15, 0.2) is 0 Å². The molecule has 0 aliphatic carbocycles. The lowest BCUT2D eigenvalue weighted by atomic mass is 10.1. The molecular weight excluding hydrogens is 192 g/mol. The minimum Gasteiger partial charge on any atom is -0.103 e. The summed E-state index contributed by atoms with van der Waals surface area (Å²) in [6.07, 6.45) is 8.77. The first-order chi connectivity index (χ1) is 7.93. The Labute approximate surface area is 100 Å². The van der Waals surface area contributed by atoms with E-state index in [-0.39, 0.29) is 0 Å². The van der Waals surface area contributed by atoms with Crippen LogP contribution in [0.3, 0.4) is 0 Å². The Morgan fingerprint density at radius 1 is 0.875 bits per heavy atom. The van der Waals surface area contributed by atoms with Gasteiger partial charge in [-0.25, -0.2) is 0 Å². The van der Waals surface area contributed by atoms with Crippen molar-refractivity contribution in [3.63, 3.8) is 0 Å². The van der Waals surface area contributed by atoms with Crippen LogP contribution in [-0.4, -0.2) is 0 Å². The SMILES string of the molecule is [CH2]C#CCCCCCCCc1ccccc1. The highest BCUT2D eigenvalue weighted by Crippen LogP contribution is 2.09. The van der Waals surface area contributed by atoms with Crippen LogP contribution in [0.4, 0.5) is 0 Å². The molecule has 16 heavy (non-hydrogen) atoms. The van der Waals surface area contributed by atoms with Crippen molar-refractivity contribution in [2.24, 2.45) is 0 Å². The van der Waals surface area contributed by atoms with Gasteiger partial charge in [-0.05, 0) is 24.8 Å². The van der Waals surface area contributed by atoms with Gasteiger partial charge < -0.3 is 0 Å². The molecule has 0 bridgehead atoms. The van der Waals surface area contributed by atoms with Gasteiger partial charge in [-0.3, -0.25) is 0 Å². The molecule has 0 aliphatic rings. The number of hydrogen-bond acceptors (Lipinski definition) is 0. The Hall–Kier alpha value is -1.22. The molecule has 0 saturated heterocycles. The molecule has 1 aromatic carbocycles. The molecule has 1 rings (SSSR count). The van der Waals surface area contributed by atoms with E-state index in [2.05, 4.69) is 49.1 Å². The molecule has 0 fully saturated rings. The molecule has 0 aliphatic heterocycles. The maximum Gasteiger partial charge on any atom is 0.0198 e. The van der Waals surface area contributed by atoms with E-state index >= 15 is 0 Å². The van der Waals surface area contributed by atoms with Crippen LogP contribution < -0.4 is 0 Å². The molecule has 0 heteroatoms. The third-order valence-corrected chi connectivity index (χ3v) is 2.74. The molecule has 0 N–H and O–H groups in total. The Bertz CT molecular complexity index is 313. The first kappa shape index (κ1) is 12.8. The highest BCUT2D eigenvalue weighted by molar-refractivity contribution is 5.14. The van der Waals surface area contributed by atoms with Gasteiger partial charge in [0, 0.05) is 13.3 Å². The summed E-state index contributed by atoms with van der Waals surface area (Å²) < 4.78 is 0. The van der Waals surface area contributed by atoms with E-state index in [1.807, 2.05) is 0 Å². The lowest BCUT2D eigenvalue weighted by Crippen LogP contribution is -1.85. The maximum atomic E-state index is 3.51. The number of aryl methyl sites for hydroxylation is 1. The average molecular weight is 213 g/mol. The monoisotopic (exact) mass is 213 g/mol. The molecule has 0 heterocycles. The van der Waals surface area contributed by atoms with Crippen molar-refractivity contribution in [3.8, 4) is 11.8 Å². The smallest absolute Gasteiger partial charge is 0.0198 e. The number of hydrogen-bond donors (Lipinski definition) is 0. The topological polar surface area (TPSA) is 0 Å². The van der Waals surface area contributed by atoms with Crippen molar-refractivity contribution in [1.82, 2.24) is 0 Å². The fourth-order valence-corrected chi connectivity index (χ4v) is 1.81. The fraction of sp³-hybridized carbons (Fsp3) is 0.438. The molecule has 0 unspecified atom stereocenters. The molecule has 0 nitrogen and oxygen atoms in total. The van der Waals surface area contributed by atoms with Crippen molar-refractivity contribution >= 4 is 0 Å². The Morgan fingerprint density at radius 3 is 2.31 bits per heavy atom. The average Bonchev–Trinajstić information content (AvgIpc) is 2.34. The minimum atomic E-state index is 1.02. The van der Waals surface area contributed by atoms with Crippen LogP contribution >= 0.6 is 0 Å². The van der Waals surface area contributed by atoms with Gasteiger partial charge in [-0.1, -0.05) is 49.6 Å². The van der Waals surface area contributed by atoms with Crippen LogP contribution in [0.25, 0.3) is 0 Å². The first-order valence-electron chi connectivity index (χ1n) is 6.22. The predicted octanol–water partition coefficient (Wildman–Crippen LogP) is 4.41. The molecule has 0 saturated carbocycles. The zero-order valence-electron chi connectivity index (χ0n) is 10.0. The van der Waals surface area contributed by atoms with Crippen LogP contribution in [0.1, 0.15) is 44.1 Å². The highest BCUT2D eigenvalue weighted by Gasteiger charge is 1.92. The lowest BCUT2D eigenvalue weighted by Gasteiger charge is -2.01. The molecule has 1 aromatic rings. The normalized spacial score (nSPS) is 9.56. The van der Waals surface area contributed by atoms with Crippen LogP contribution in [0.5, 0.6) is 0 Å². The second-order valence-electron chi connectivity index (χ2n) is 4.11. The minimum absolute atomic E-state index is 1.02. The van der Waals surface area contributed by atoms with Crippen LogP contribution in [0, 0.1) is 18.8 Å². The van der Waals surface area contributed by atoms with Gasteiger partial charge in [0.05, 0.1) is 0 Å². The van der Waals surface area contributed by atoms with Crippen LogP contribution in [0.15, 0.2) is 30.3 Å². The van der Waals surface area contributed by atoms with Gasteiger partial charge in [0.1, 0.15) is 0 Å². The predicted molar refractivity (Wildman–Crippen MR) is 71.0 cm³/mol. The summed E-state index contributed by atoms with van der Waals surface area (Å²) >= 11 is 0. The summed E-state index contributed by atoms with van der Waals surface area (Å²) in [6, 6.07) is 10.7.